The highest BCUT2D eigenvalue weighted by molar-refractivity contribution is 6.11. The van der Waals surface area contributed by atoms with Gasteiger partial charge in [-0.25, -0.2) is 0 Å². The van der Waals surface area contributed by atoms with Gasteiger partial charge in [-0.1, -0.05) is 48.5 Å². The molecule has 3 aromatic carbocycles. The van der Waals surface area contributed by atoms with E-state index in [4.69, 9.17) is 0 Å². The minimum absolute atomic E-state index is 0.0367. The summed E-state index contributed by atoms with van der Waals surface area (Å²) in [6.45, 7) is 6.19. The van der Waals surface area contributed by atoms with Gasteiger partial charge in [0.25, 0.3) is 0 Å². The van der Waals surface area contributed by atoms with Crippen molar-refractivity contribution in [3.05, 3.63) is 77.9 Å². The Bertz CT molecular complexity index is 938. The van der Waals surface area contributed by atoms with Crippen LogP contribution in [0.2, 0.25) is 0 Å². The van der Waals surface area contributed by atoms with Crippen LogP contribution in [0.3, 0.4) is 0 Å². The highest BCUT2D eigenvalue weighted by atomic mass is 16.3. The van der Waals surface area contributed by atoms with Crippen LogP contribution in [0.5, 0.6) is 5.75 Å². The number of nitrogens with zero attached hydrogens (tertiary/aromatic N) is 1. The van der Waals surface area contributed by atoms with Crippen LogP contribution in [0.1, 0.15) is 29.8 Å². The molecule has 0 saturated heterocycles. The lowest BCUT2D eigenvalue weighted by atomic mass is 10.0. The van der Waals surface area contributed by atoms with Gasteiger partial charge in [-0.15, -0.1) is 0 Å². The number of aromatic hydroxyl groups is 1. The summed E-state index contributed by atoms with van der Waals surface area (Å²) in [4.78, 5) is 14.8. The predicted molar refractivity (Wildman–Crippen MR) is 109 cm³/mol. The quantitative estimate of drug-likeness (QED) is 0.487. The standard InChI is InChI=1S/C23H23NO2/c1-3-24(4-2)19-13-9-17(10-14-19)11-16-22(25)21-15-12-18-7-5-6-8-20(18)23(21)26/h5-16,26H,3-4H2,1-2H3/b16-11+. The fourth-order valence-corrected chi connectivity index (χ4v) is 3.10. The van der Waals surface area contributed by atoms with E-state index >= 15 is 0 Å². The zero-order chi connectivity index (χ0) is 18.5. The van der Waals surface area contributed by atoms with Gasteiger partial charge >= 0.3 is 0 Å². The lowest BCUT2D eigenvalue weighted by molar-refractivity contribution is 0.104. The fraction of sp³-hybridized carbons (Fsp3) is 0.174. The molecule has 0 saturated carbocycles. The third kappa shape index (κ3) is 3.62. The summed E-state index contributed by atoms with van der Waals surface area (Å²) in [5.74, 6) is -0.171. The molecule has 0 radical (unpaired) electrons. The van der Waals surface area contributed by atoms with Crippen molar-refractivity contribution in [1.82, 2.24) is 0 Å². The number of carbonyl (C=O) groups is 1. The molecule has 0 bridgehead atoms. The van der Waals surface area contributed by atoms with E-state index < -0.39 is 0 Å². The molecule has 0 atom stereocenters. The Morgan fingerprint density at radius 2 is 1.65 bits per heavy atom. The maximum absolute atomic E-state index is 12.5. The second-order valence-corrected chi connectivity index (χ2v) is 6.14. The van der Waals surface area contributed by atoms with Crippen LogP contribution >= 0.6 is 0 Å². The van der Waals surface area contributed by atoms with Gasteiger partial charge in [-0.05, 0) is 49.1 Å². The lowest BCUT2D eigenvalue weighted by Gasteiger charge is -2.20. The molecular formula is C23H23NO2. The monoisotopic (exact) mass is 345 g/mol. The second-order valence-electron chi connectivity index (χ2n) is 6.14. The molecule has 26 heavy (non-hydrogen) atoms. The summed E-state index contributed by atoms with van der Waals surface area (Å²) < 4.78 is 0. The number of anilines is 1. The van der Waals surface area contributed by atoms with Crippen molar-refractivity contribution >= 4 is 28.3 Å². The third-order valence-corrected chi connectivity index (χ3v) is 4.61. The molecule has 0 aliphatic carbocycles. The van der Waals surface area contributed by atoms with Crippen LogP contribution in [0, 0.1) is 0 Å². The first-order valence-corrected chi connectivity index (χ1v) is 8.92. The topological polar surface area (TPSA) is 40.5 Å². The summed E-state index contributed by atoms with van der Waals surface area (Å²) in [6.07, 6.45) is 3.29. The molecule has 3 nitrogen and oxygen atoms in total. The summed E-state index contributed by atoms with van der Waals surface area (Å²) in [5.41, 5.74) is 2.44. The zero-order valence-electron chi connectivity index (χ0n) is 15.1. The molecule has 0 amide bonds. The number of phenols is 1. The molecule has 3 aromatic rings. The van der Waals surface area contributed by atoms with E-state index in [1.807, 2.05) is 42.5 Å². The average molecular weight is 345 g/mol. The first-order valence-electron chi connectivity index (χ1n) is 8.92. The summed E-state index contributed by atoms with van der Waals surface area (Å²) in [5, 5.41) is 12.0. The number of hydrogen-bond acceptors (Lipinski definition) is 3. The highest BCUT2D eigenvalue weighted by Gasteiger charge is 2.11. The number of ketones is 1. The molecule has 0 spiro atoms. The van der Waals surface area contributed by atoms with E-state index in [1.165, 1.54) is 11.8 Å². The Kier molecular flexibility index (Phi) is 5.37. The number of rotatable bonds is 6. The van der Waals surface area contributed by atoms with E-state index in [2.05, 4.69) is 30.9 Å². The maximum atomic E-state index is 12.5. The predicted octanol–water partition coefficient (Wildman–Crippen LogP) is 5.29. The van der Waals surface area contributed by atoms with E-state index in [-0.39, 0.29) is 11.5 Å². The zero-order valence-corrected chi connectivity index (χ0v) is 15.1. The van der Waals surface area contributed by atoms with Gasteiger partial charge in [0.05, 0.1) is 5.56 Å². The smallest absolute Gasteiger partial charge is 0.189 e. The van der Waals surface area contributed by atoms with E-state index in [9.17, 15) is 9.90 Å². The Morgan fingerprint density at radius 1 is 0.962 bits per heavy atom. The van der Waals surface area contributed by atoms with Crippen LogP contribution in [0.25, 0.3) is 16.8 Å². The largest absolute Gasteiger partial charge is 0.507 e. The Labute approximate surface area is 154 Å². The minimum Gasteiger partial charge on any atom is -0.507 e. The molecule has 0 aliphatic rings. The molecule has 0 unspecified atom stereocenters. The SMILES string of the molecule is CCN(CC)c1ccc(/C=C/C(=O)c2ccc3ccccc3c2O)cc1. The van der Waals surface area contributed by atoms with Crippen LogP contribution < -0.4 is 4.90 Å². The van der Waals surface area contributed by atoms with Crippen LogP contribution in [0.4, 0.5) is 5.69 Å². The third-order valence-electron chi connectivity index (χ3n) is 4.61. The van der Waals surface area contributed by atoms with Crippen molar-refractivity contribution < 1.29 is 9.90 Å². The minimum atomic E-state index is -0.207. The van der Waals surface area contributed by atoms with Crippen molar-refractivity contribution in [3.8, 4) is 5.75 Å². The van der Waals surface area contributed by atoms with Crippen molar-refractivity contribution in [2.24, 2.45) is 0 Å². The Hall–Kier alpha value is -3.07. The number of fused-ring (bicyclic) bond motifs is 1. The second kappa shape index (κ2) is 7.87. The molecule has 0 aromatic heterocycles. The molecule has 132 valence electrons. The van der Waals surface area contributed by atoms with E-state index in [0.717, 1.165) is 24.0 Å². The molecular weight excluding hydrogens is 322 g/mol. The molecule has 1 N–H and O–H groups in total. The fourth-order valence-electron chi connectivity index (χ4n) is 3.10. The number of phenolic OH excluding ortho intramolecular Hbond substituents is 1. The summed E-state index contributed by atoms with van der Waals surface area (Å²) in [7, 11) is 0. The number of hydrogen-bond donors (Lipinski definition) is 1. The Balaban J connectivity index is 1.80. The van der Waals surface area contributed by atoms with Gasteiger partial charge in [0.1, 0.15) is 5.75 Å². The van der Waals surface area contributed by atoms with Crippen molar-refractivity contribution in [3.63, 3.8) is 0 Å². The number of allylic oxidation sites excluding steroid dienone is 1. The van der Waals surface area contributed by atoms with Crippen LogP contribution in [-0.2, 0) is 0 Å². The molecule has 0 fully saturated rings. The van der Waals surface area contributed by atoms with Gasteiger partial charge in [0, 0.05) is 24.2 Å². The number of carbonyl (C=O) groups excluding carboxylic acids is 1. The van der Waals surface area contributed by atoms with E-state index in [1.54, 1.807) is 12.1 Å². The molecule has 0 aliphatic heterocycles. The first kappa shape index (κ1) is 17.7. The normalized spacial score (nSPS) is 11.2. The van der Waals surface area contributed by atoms with Crippen LogP contribution in [0.15, 0.2) is 66.7 Å². The molecule has 3 rings (SSSR count). The summed E-state index contributed by atoms with van der Waals surface area (Å²) >= 11 is 0. The highest BCUT2D eigenvalue weighted by Crippen LogP contribution is 2.29. The van der Waals surface area contributed by atoms with Gasteiger partial charge < -0.3 is 10.0 Å². The summed E-state index contributed by atoms with van der Waals surface area (Å²) in [6, 6.07) is 19.1. The Morgan fingerprint density at radius 3 is 2.35 bits per heavy atom. The lowest BCUT2D eigenvalue weighted by Crippen LogP contribution is -2.21. The van der Waals surface area contributed by atoms with E-state index in [0.29, 0.717) is 10.9 Å². The van der Waals surface area contributed by atoms with Crippen molar-refractivity contribution in [2.75, 3.05) is 18.0 Å². The van der Waals surface area contributed by atoms with Crippen molar-refractivity contribution in [2.45, 2.75) is 13.8 Å². The number of benzene rings is 3. The van der Waals surface area contributed by atoms with Gasteiger partial charge in [0.15, 0.2) is 5.78 Å². The molecule has 3 heteroatoms. The van der Waals surface area contributed by atoms with Crippen LogP contribution in [-0.4, -0.2) is 24.0 Å². The van der Waals surface area contributed by atoms with Gasteiger partial charge in [-0.2, -0.15) is 0 Å². The van der Waals surface area contributed by atoms with Crippen molar-refractivity contribution in [1.29, 1.82) is 0 Å². The average Bonchev–Trinajstić information content (AvgIpc) is 2.68. The van der Waals surface area contributed by atoms with Gasteiger partial charge in [-0.3, -0.25) is 4.79 Å². The molecule has 0 heterocycles. The maximum Gasteiger partial charge on any atom is 0.189 e. The first-order chi connectivity index (χ1) is 12.6. The van der Waals surface area contributed by atoms with Gasteiger partial charge in [0.2, 0.25) is 0 Å².